The standard InChI is InChI=1S/C9H11NO4/c1-3-14-9(12)7-5-4-6(10-7)8(11)13-2/h4-5,10H,3H2,1-2H3. The molecule has 0 aliphatic heterocycles. The molecule has 0 radical (unpaired) electrons. The smallest absolute Gasteiger partial charge is 0.354 e. The lowest BCUT2D eigenvalue weighted by atomic mass is 10.4. The summed E-state index contributed by atoms with van der Waals surface area (Å²) < 4.78 is 9.20. The molecule has 1 rings (SSSR count). The molecule has 0 saturated heterocycles. The van der Waals surface area contributed by atoms with E-state index in [9.17, 15) is 9.59 Å². The number of hydrogen-bond acceptors (Lipinski definition) is 4. The normalized spacial score (nSPS) is 9.57. The quantitative estimate of drug-likeness (QED) is 0.733. The number of carbonyl (C=O) groups is 2. The van der Waals surface area contributed by atoms with Crippen LogP contribution >= 0.6 is 0 Å². The van der Waals surface area contributed by atoms with E-state index in [1.165, 1.54) is 19.2 Å². The Balaban J connectivity index is 2.77. The van der Waals surface area contributed by atoms with Crippen LogP contribution in [0.3, 0.4) is 0 Å². The summed E-state index contributed by atoms with van der Waals surface area (Å²) in [4.78, 5) is 24.8. The number of nitrogens with one attached hydrogen (secondary N) is 1. The Hall–Kier alpha value is -1.78. The van der Waals surface area contributed by atoms with Crippen molar-refractivity contribution >= 4 is 11.9 Å². The molecule has 0 saturated carbocycles. The van der Waals surface area contributed by atoms with Crippen LogP contribution in [0.5, 0.6) is 0 Å². The number of ether oxygens (including phenoxy) is 2. The second-order valence-corrected chi connectivity index (χ2v) is 2.50. The average Bonchev–Trinajstić information content (AvgIpc) is 2.66. The first kappa shape index (κ1) is 10.3. The van der Waals surface area contributed by atoms with Crippen molar-refractivity contribution in [2.75, 3.05) is 13.7 Å². The highest BCUT2D eigenvalue weighted by Gasteiger charge is 2.13. The zero-order valence-corrected chi connectivity index (χ0v) is 7.99. The maximum atomic E-state index is 11.2. The van der Waals surface area contributed by atoms with Crippen LogP contribution in [-0.4, -0.2) is 30.6 Å². The minimum absolute atomic E-state index is 0.232. The molecule has 0 aromatic carbocycles. The van der Waals surface area contributed by atoms with Gasteiger partial charge in [-0.1, -0.05) is 0 Å². The van der Waals surface area contributed by atoms with E-state index in [0.29, 0.717) is 6.61 Å². The summed E-state index contributed by atoms with van der Waals surface area (Å²) in [6.45, 7) is 2.01. The van der Waals surface area contributed by atoms with E-state index in [1.54, 1.807) is 6.92 Å². The third-order valence-electron chi connectivity index (χ3n) is 1.59. The molecule has 0 amide bonds. The van der Waals surface area contributed by atoms with Gasteiger partial charge in [0.2, 0.25) is 0 Å². The highest BCUT2D eigenvalue weighted by molar-refractivity contribution is 5.92. The highest BCUT2D eigenvalue weighted by atomic mass is 16.5. The zero-order chi connectivity index (χ0) is 10.6. The first-order valence-corrected chi connectivity index (χ1v) is 4.13. The molecule has 1 N–H and O–H groups in total. The number of rotatable bonds is 3. The summed E-state index contributed by atoms with van der Waals surface area (Å²) >= 11 is 0. The molecule has 76 valence electrons. The molecule has 0 fully saturated rings. The molecule has 1 aromatic rings. The van der Waals surface area contributed by atoms with E-state index in [0.717, 1.165) is 0 Å². The van der Waals surface area contributed by atoms with Crippen LogP contribution in [0, 0.1) is 0 Å². The van der Waals surface area contributed by atoms with Gasteiger partial charge in [0.1, 0.15) is 11.4 Å². The largest absolute Gasteiger partial charge is 0.464 e. The zero-order valence-electron chi connectivity index (χ0n) is 7.99. The molecule has 5 heteroatoms. The number of H-pyrrole nitrogens is 1. The second kappa shape index (κ2) is 4.45. The Morgan fingerprint density at radius 1 is 1.29 bits per heavy atom. The van der Waals surface area contributed by atoms with Crippen molar-refractivity contribution in [2.45, 2.75) is 6.92 Å². The Labute approximate surface area is 81.0 Å². The van der Waals surface area contributed by atoms with Gasteiger partial charge in [-0.3, -0.25) is 0 Å². The molecule has 1 heterocycles. The van der Waals surface area contributed by atoms with Gasteiger partial charge in [0.15, 0.2) is 0 Å². The van der Waals surface area contributed by atoms with Crippen LogP contribution in [0.4, 0.5) is 0 Å². The van der Waals surface area contributed by atoms with Crippen molar-refractivity contribution in [2.24, 2.45) is 0 Å². The van der Waals surface area contributed by atoms with Gasteiger partial charge in [-0.05, 0) is 19.1 Å². The lowest BCUT2D eigenvalue weighted by molar-refractivity contribution is 0.0520. The molecule has 0 aliphatic carbocycles. The van der Waals surface area contributed by atoms with Crippen LogP contribution in [0.2, 0.25) is 0 Å². The minimum Gasteiger partial charge on any atom is -0.464 e. The lowest BCUT2D eigenvalue weighted by Crippen LogP contribution is -2.07. The van der Waals surface area contributed by atoms with E-state index < -0.39 is 11.9 Å². The predicted molar refractivity (Wildman–Crippen MR) is 48.1 cm³/mol. The van der Waals surface area contributed by atoms with Crippen LogP contribution in [0.25, 0.3) is 0 Å². The van der Waals surface area contributed by atoms with Gasteiger partial charge in [0.25, 0.3) is 0 Å². The summed E-state index contributed by atoms with van der Waals surface area (Å²) in [7, 11) is 1.27. The third kappa shape index (κ3) is 2.12. The predicted octanol–water partition coefficient (Wildman–Crippen LogP) is 0.978. The first-order valence-electron chi connectivity index (χ1n) is 4.13. The first-order chi connectivity index (χ1) is 6.69. The van der Waals surface area contributed by atoms with Gasteiger partial charge in [-0.15, -0.1) is 0 Å². The van der Waals surface area contributed by atoms with Crippen molar-refractivity contribution in [1.29, 1.82) is 0 Å². The summed E-state index contributed by atoms with van der Waals surface area (Å²) in [5.74, 6) is -0.997. The van der Waals surface area contributed by atoms with Crippen molar-refractivity contribution in [3.05, 3.63) is 23.5 Å². The Bertz CT molecular complexity index is 342. The number of aromatic nitrogens is 1. The third-order valence-corrected chi connectivity index (χ3v) is 1.59. The summed E-state index contributed by atoms with van der Waals surface area (Å²) in [5, 5.41) is 0. The lowest BCUT2D eigenvalue weighted by Gasteiger charge is -1.98. The summed E-state index contributed by atoms with van der Waals surface area (Å²) in [6, 6.07) is 2.95. The second-order valence-electron chi connectivity index (χ2n) is 2.50. The fourth-order valence-electron chi connectivity index (χ4n) is 0.952. The van der Waals surface area contributed by atoms with Crippen LogP contribution in [-0.2, 0) is 9.47 Å². The molecule has 0 atom stereocenters. The molecule has 0 bridgehead atoms. The highest BCUT2D eigenvalue weighted by Crippen LogP contribution is 2.04. The van der Waals surface area contributed by atoms with Gasteiger partial charge in [0.05, 0.1) is 13.7 Å². The van der Waals surface area contributed by atoms with Gasteiger partial charge in [-0.2, -0.15) is 0 Å². The molecular formula is C9H11NO4. The Morgan fingerprint density at radius 3 is 2.36 bits per heavy atom. The molecular weight excluding hydrogens is 186 g/mol. The van der Waals surface area contributed by atoms with Gasteiger partial charge >= 0.3 is 11.9 Å². The maximum Gasteiger partial charge on any atom is 0.354 e. The van der Waals surface area contributed by atoms with E-state index in [1.807, 2.05) is 0 Å². The van der Waals surface area contributed by atoms with Gasteiger partial charge < -0.3 is 14.5 Å². The van der Waals surface area contributed by atoms with Crippen molar-refractivity contribution in [3.63, 3.8) is 0 Å². The molecule has 0 unspecified atom stereocenters. The van der Waals surface area contributed by atoms with E-state index in [2.05, 4.69) is 9.72 Å². The minimum atomic E-state index is -0.513. The van der Waals surface area contributed by atoms with Crippen molar-refractivity contribution in [3.8, 4) is 0 Å². The molecule has 5 nitrogen and oxygen atoms in total. The van der Waals surface area contributed by atoms with Crippen molar-refractivity contribution < 1.29 is 19.1 Å². The Morgan fingerprint density at radius 2 is 1.86 bits per heavy atom. The summed E-state index contributed by atoms with van der Waals surface area (Å²) in [6.07, 6.45) is 0. The topological polar surface area (TPSA) is 68.4 Å². The van der Waals surface area contributed by atoms with E-state index >= 15 is 0 Å². The van der Waals surface area contributed by atoms with Crippen LogP contribution < -0.4 is 0 Å². The molecule has 14 heavy (non-hydrogen) atoms. The average molecular weight is 197 g/mol. The van der Waals surface area contributed by atoms with Gasteiger partial charge in [-0.25, -0.2) is 9.59 Å². The summed E-state index contributed by atoms with van der Waals surface area (Å²) in [5.41, 5.74) is 0.475. The maximum absolute atomic E-state index is 11.2. The van der Waals surface area contributed by atoms with E-state index in [-0.39, 0.29) is 11.4 Å². The monoisotopic (exact) mass is 197 g/mol. The molecule has 0 spiro atoms. The molecule has 1 aromatic heterocycles. The van der Waals surface area contributed by atoms with Gasteiger partial charge in [0, 0.05) is 0 Å². The van der Waals surface area contributed by atoms with Crippen molar-refractivity contribution in [1.82, 2.24) is 4.98 Å². The number of aromatic amines is 1. The van der Waals surface area contributed by atoms with E-state index in [4.69, 9.17) is 4.74 Å². The van der Waals surface area contributed by atoms with Crippen LogP contribution in [0.1, 0.15) is 27.9 Å². The fourth-order valence-corrected chi connectivity index (χ4v) is 0.952. The number of hydrogen-bond donors (Lipinski definition) is 1. The molecule has 0 aliphatic rings. The number of methoxy groups -OCH3 is 1. The SMILES string of the molecule is CCOC(=O)c1ccc(C(=O)OC)[nH]1. The Kier molecular flexibility index (Phi) is 3.28. The number of carbonyl (C=O) groups excluding carboxylic acids is 2. The van der Waals surface area contributed by atoms with Crippen LogP contribution in [0.15, 0.2) is 12.1 Å². The number of esters is 2. The fraction of sp³-hybridized carbons (Fsp3) is 0.333.